The number of nitrogens with one attached hydrogen (secondary N) is 2. The molecule has 0 radical (unpaired) electrons. The molecule has 4 heteroatoms. The van der Waals surface area contributed by atoms with Crippen molar-refractivity contribution in [3.8, 4) is 0 Å². The highest BCUT2D eigenvalue weighted by molar-refractivity contribution is 7.10. The zero-order valence-corrected chi connectivity index (χ0v) is 8.88. The highest BCUT2D eigenvalue weighted by Crippen LogP contribution is 2.40. The van der Waals surface area contributed by atoms with Crippen LogP contribution in [0.25, 0.3) is 0 Å². The normalized spacial score (nSPS) is 29.8. The molecule has 2 aliphatic rings. The summed E-state index contributed by atoms with van der Waals surface area (Å²) in [6, 6.07) is 2.20. The summed E-state index contributed by atoms with van der Waals surface area (Å²) in [7, 11) is 0. The van der Waals surface area contributed by atoms with Crippen molar-refractivity contribution in [2.24, 2.45) is 5.92 Å². The molecule has 0 aliphatic carbocycles. The highest BCUT2D eigenvalue weighted by Gasteiger charge is 2.33. The van der Waals surface area contributed by atoms with Gasteiger partial charge in [-0.3, -0.25) is 0 Å². The van der Waals surface area contributed by atoms with Crippen molar-refractivity contribution in [3.05, 3.63) is 16.3 Å². The fourth-order valence-electron chi connectivity index (χ4n) is 2.25. The lowest BCUT2D eigenvalue weighted by molar-refractivity contribution is 0.537. The fourth-order valence-corrected chi connectivity index (χ4v) is 3.32. The Morgan fingerprint density at radius 1 is 1.31 bits per heavy atom. The second-order valence-electron chi connectivity index (χ2n) is 3.60. The summed E-state index contributed by atoms with van der Waals surface area (Å²) in [6.07, 6.45) is 0. The van der Waals surface area contributed by atoms with Crippen molar-refractivity contribution in [3.63, 3.8) is 0 Å². The molecule has 2 atom stereocenters. The van der Waals surface area contributed by atoms with Crippen LogP contribution >= 0.6 is 23.7 Å². The van der Waals surface area contributed by atoms with E-state index in [9.17, 15) is 0 Å². The Bertz CT molecular complexity index is 300. The number of halogens is 1. The van der Waals surface area contributed by atoms with Gasteiger partial charge in [-0.2, -0.15) is 0 Å². The van der Waals surface area contributed by atoms with E-state index in [1.54, 1.807) is 4.88 Å². The third kappa shape index (κ3) is 1.35. The van der Waals surface area contributed by atoms with Gasteiger partial charge in [0, 0.05) is 36.1 Å². The first-order chi connectivity index (χ1) is 5.95. The van der Waals surface area contributed by atoms with E-state index >= 15 is 0 Å². The van der Waals surface area contributed by atoms with Crippen molar-refractivity contribution >= 4 is 29.4 Å². The van der Waals surface area contributed by atoms with Gasteiger partial charge < -0.3 is 10.6 Å². The van der Waals surface area contributed by atoms with Crippen molar-refractivity contribution in [2.45, 2.75) is 5.92 Å². The minimum atomic E-state index is 0. The van der Waals surface area contributed by atoms with Gasteiger partial charge in [0.05, 0.1) is 0 Å². The molecule has 2 N–H and O–H groups in total. The van der Waals surface area contributed by atoms with Gasteiger partial charge in [-0.15, -0.1) is 23.7 Å². The van der Waals surface area contributed by atoms with E-state index in [4.69, 9.17) is 0 Å². The molecule has 3 rings (SSSR count). The van der Waals surface area contributed by atoms with Crippen molar-refractivity contribution in [2.75, 3.05) is 25.0 Å². The van der Waals surface area contributed by atoms with E-state index in [0.29, 0.717) is 0 Å². The van der Waals surface area contributed by atoms with Crippen LogP contribution in [0.5, 0.6) is 0 Å². The van der Waals surface area contributed by atoms with Crippen molar-refractivity contribution < 1.29 is 0 Å². The number of hydrogen-bond acceptors (Lipinski definition) is 3. The first kappa shape index (κ1) is 9.31. The Labute approximate surface area is 88.1 Å². The predicted molar refractivity (Wildman–Crippen MR) is 59.2 cm³/mol. The first-order valence-corrected chi connectivity index (χ1v) is 5.35. The van der Waals surface area contributed by atoms with E-state index in [0.717, 1.165) is 18.4 Å². The Morgan fingerprint density at radius 2 is 2.23 bits per heavy atom. The zero-order chi connectivity index (χ0) is 7.97. The minimum absolute atomic E-state index is 0. The molecule has 3 heterocycles. The summed E-state index contributed by atoms with van der Waals surface area (Å²) >= 11 is 1.90. The molecule has 0 amide bonds. The lowest BCUT2D eigenvalue weighted by Crippen LogP contribution is -2.25. The van der Waals surface area contributed by atoms with Crippen LogP contribution in [0.3, 0.4) is 0 Å². The third-order valence-electron chi connectivity index (χ3n) is 2.93. The summed E-state index contributed by atoms with van der Waals surface area (Å²) in [4.78, 5) is 1.57. The van der Waals surface area contributed by atoms with E-state index in [-0.39, 0.29) is 12.4 Å². The lowest BCUT2D eigenvalue weighted by atomic mass is 9.91. The largest absolute Gasteiger partial charge is 0.384 e. The third-order valence-corrected chi connectivity index (χ3v) is 3.98. The van der Waals surface area contributed by atoms with Gasteiger partial charge in [0.25, 0.3) is 0 Å². The average molecular weight is 217 g/mol. The highest BCUT2D eigenvalue weighted by atomic mass is 35.5. The second-order valence-corrected chi connectivity index (χ2v) is 4.55. The average Bonchev–Trinajstić information content (AvgIpc) is 2.71. The number of rotatable bonds is 0. The lowest BCUT2D eigenvalue weighted by Gasteiger charge is -2.25. The van der Waals surface area contributed by atoms with Gasteiger partial charge in [-0.05, 0) is 17.4 Å². The van der Waals surface area contributed by atoms with Crippen LogP contribution in [-0.4, -0.2) is 19.6 Å². The Balaban J connectivity index is 0.000000653. The monoisotopic (exact) mass is 216 g/mol. The predicted octanol–water partition coefficient (Wildman–Crippen LogP) is 1.90. The van der Waals surface area contributed by atoms with Crippen LogP contribution in [0.15, 0.2) is 11.4 Å². The summed E-state index contributed by atoms with van der Waals surface area (Å²) in [5.74, 6) is 1.62. The molecular weight excluding hydrogens is 204 g/mol. The van der Waals surface area contributed by atoms with Crippen LogP contribution in [0.4, 0.5) is 5.69 Å². The quantitative estimate of drug-likeness (QED) is 0.692. The SMILES string of the molecule is Cl.c1cc2c(s1)[C@H]1CNC[C@H]1CN2. The van der Waals surface area contributed by atoms with Crippen LogP contribution in [0.1, 0.15) is 10.8 Å². The first-order valence-electron chi connectivity index (χ1n) is 4.47. The molecule has 0 spiro atoms. The topological polar surface area (TPSA) is 24.1 Å². The molecule has 2 nitrogen and oxygen atoms in total. The Hall–Kier alpha value is -0.250. The molecule has 1 aromatic rings. The molecule has 13 heavy (non-hydrogen) atoms. The zero-order valence-electron chi connectivity index (χ0n) is 7.25. The smallest absolute Gasteiger partial charge is 0.0485 e. The maximum Gasteiger partial charge on any atom is 0.0485 e. The molecule has 2 aliphatic heterocycles. The summed E-state index contributed by atoms with van der Waals surface area (Å²) < 4.78 is 0. The molecule has 0 aromatic carbocycles. The standard InChI is InChI=1S/C9H12N2S.ClH/c1-2-12-9-7-5-10-3-6(7)4-11-8(1)9;/h1-2,6-7,10-11H,3-5H2;1H/t6-,7-;/m0./s1. The van der Waals surface area contributed by atoms with Crippen LogP contribution < -0.4 is 10.6 Å². The van der Waals surface area contributed by atoms with Gasteiger partial charge in [-0.25, -0.2) is 0 Å². The maximum atomic E-state index is 3.48. The van der Waals surface area contributed by atoms with Crippen LogP contribution in [0, 0.1) is 5.92 Å². The molecule has 1 fully saturated rings. The van der Waals surface area contributed by atoms with Gasteiger partial charge in [0.15, 0.2) is 0 Å². The molecule has 0 saturated carbocycles. The molecule has 1 saturated heterocycles. The molecule has 0 unspecified atom stereocenters. The molecule has 0 bridgehead atoms. The van der Waals surface area contributed by atoms with E-state index in [1.165, 1.54) is 18.8 Å². The minimum Gasteiger partial charge on any atom is -0.384 e. The van der Waals surface area contributed by atoms with Crippen molar-refractivity contribution in [1.29, 1.82) is 0 Å². The van der Waals surface area contributed by atoms with Crippen molar-refractivity contribution in [1.82, 2.24) is 5.32 Å². The fraction of sp³-hybridized carbons (Fsp3) is 0.556. The maximum absolute atomic E-state index is 3.48. The van der Waals surface area contributed by atoms with Gasteiger partial charge in [0.2, 0.25) is 0 Å². The van der Waals surface area contributed by atoms with Gasteiger partial charge in [-0.1, -0.05) is 0 Å². The Kier molecular flexibility index (Phi) is 2.49. The molecule has 1 aromatic heterocycles. The number of thiophene rings is 1. The van der Waals surface area contributed by atoms with Gasteiger partial charge in [0.1, 0.15) is 0 Å². The summed E-state index contributed by atoms with van der Waals surface area (Å²) in [6.45, 7) is 3.52. The van der Waals surface area contributed by atoms with E-state index in [1.807, 2.05) is 11.3 Å². The summed E-state index contributed by atoms with van der Waals surface area (Å²) in [5, 5.41) is 9.14. The number of fused-ring (bicyclic) bond motifs is 3. The molecular formula is C9H13ClN2S. The Morgan fingerprint density at radius 3 is 3.15 bits per heavy atom. The number of anilines is 1. The van der Waals surface area contributed by atoms with E-state index < -0.39 is 0 Å². The molecule has 72 valence electrons. The second kappa shape index (κ2) is 3.48. The number of hydrogen-bond donors (Lipinski definition) is 2. The van der Waals surface area contributed by atoms with Crippen LogP contribution in [-0.2, 0) is 0 Å². The summed E-state index contributed by atoms with van der Waals surface area (Å²) in [5.41, 5.74) is 1.38. The van der Waals surface area contributed by atoms with Gasteiger partial charge >= 0.3 is 0 Å². The van der Waals surface area contributed by atoms with E-state index in [2.05, 4.69) is 22.1 Å². The van der Waals surface area contributed by atoms with Crippen LogP contribution in [0.2, 0.25) is 0 Å².